The SMILES string of the molecule is COc1ccc(/C(C#N)=C\c2cccc(OC(=O)COc3ccccc3Cl)c2)cc1. The van der Waals surface area contributed by atoms with E-state index in [2.05, 4.69) is 6.07 Å². The van der Waals surface area contributed by atoms with Crippen LogP contribution in [0, 0.1) is 11.3 Å². The predicted octanol–water partition coefficient (Wildman–Crippen LogP) is 5.40. The Bertz CT molecular complexity index is 1100. The van der Waals surface area contributed by atoms with Crippen LogP contribution in [0.15, 0.2) is 72.8 Å². The fraction of sp³-hybridized carbons (Fsp3) is 0.0833. The molecule has 0 N–H and O–H groups in total. The first-order valence-electron chi connectivity index (χ1n) is 9.03. The molecule has 0 radical (unpaired) electrons. The summed E-state index contributed by atoms with van der Waals surface area (Å²) in [5, 5.41) is 9.94. The highest BCUT2D eigenvalue weighted by Crippen LogP contribution is 2.24. The Hall–Kier alpha value is -3.75. The molecular weight excluding hydrogens is 402 g/mol. The third-order valence-electron chi connectivity index (χ3n) is 4.10. The second-order valence-corrected chi connectivity index (χ2v) is 6.57. The molecule has 0 aliphatic carbocycles. The Balaban J connectivity index is 1.68. The number of carbonyl (C=O) groups excluding carboxylic acids is 1. The van der Waals surface area contributed by atoms with Gasteiger partial charge in [0.25, 0.3) is 0 Å². The number of methoxy groups -OCH3 is 1. The first-order valence-corrected chi connectivity index (χ1v) is 9.41. The molecule has 0 heterocycles. The lowest BCUT2D eigenvalue weighted by Gasteiger charge is -2.08. The zero-order valence-electron chi connectivity index (χ0n) is 16.2. The Kier molecular flexibility index (Phi) is 7.09. The zero-order valence-corrected chi connectivity index (χ0v) is 16.9. The van der Waals surface area contributed by atoms with Crippen molar-refractivity contribution in [3.63, 3.8) is 0 Å². The Labute approximate surface area is 179 Å². The van der Waals surface area contributed by atoms with E-state index in [0.29, 0.717) is 27.8 Å². The van der Waals surface area contributed by atoms with Crippen molar-refractivity contribution in [1.29, 1.82) is 5.26 Å². The van der Waals surface area contributed by atoms with Crippen LogP contribution in [0.2, 0.25) is 5.02 Å². The quantitative estimate of drug-likeness (QED) is 0.222. The van der Waals surface area contributed by atoms with Crippen molar-refractivity contribution in [1.82, 2.24) is 0 Å². The molecule has 3 aromatic carbocycles. The molecule has 0 unspecified atom stereocenters. The summed E-state index contributed by atoms with van der Waals surface area (Å²) in [6.45, 7) is -0.279. The van der Waals surface area contributed by atoms with Gasteiger partial charge in [0.15, 0.2) is 6.61 Å². The lowest BCUT2D eigenvalue weighted by molar-refractivity contribution is -0.136. The second kappa shape index (κ2) is 10.1. The predicted molar refractivity (Wildman–Crippen MR) is 116 cm³/mol. The summed E-state index contributed by atoms with van der Waals surface area (Å²) in [5.41, 5.74) is 1.96. The van der Waals surface area contributed by atoms with Crippen molar-refractivity contribution < 1.29 is 19.0 Å². The van der Waals surface area contributed by atoms with Crippen molar-refractivity contribution in [2.45, 2.75) is 0 Å². The number of allylic oxidation sites excluding steroid dienone is 1. The number of carbonyl (C=O) groups is 1. The Morgan fingerprint density at radius 1 is 1.03 bits per heavy atom. The van der Waals surface area contributed by atoms with Crippen molar-refractivity contribution in [3.8, 4) is 23.3 Å². The molecule has 30 heavy (non-hydrogen) atoms. The molecule has 0 aliphatic heterocycles. The van der Waals surface area contributed by atoms with Crippen LogP contribution in [0.3, 0.4) is 0 Å². The highest BCUT2D eigenvalue weighted by molar-refractivity contribution is 6.32. The number of rotatable bonds is 7. The summed E-state index contributed by atoms with van der Waals surface area (Å²) < 4.78 is 15.9. The smallest absolute Gasteiger partial charge is 0.349 e. The van der Waals surface area contributed by atoms with E-state index in [1.165, 1.54) is 0 Å². The zero-order chi connectivity index (χ0) is 21.3. The summed E-state index contributed by atoms with van der Waals surface area (Å²) in [4.78, 5) is 12.1. The maximum Gasteiger partial charge on any atom is 0.349 e. The van der Waals surface area contributed by atoms with Gasteiger partial charge in [0.1, 0.15) is 17.2 Å². The Morgan fingerprint density at radius 3 is 2.50 bits per heavy atom. The van der Waals surface area contributed by atoms with E-state index in [1.807, 2.05) is 18.2 Å². The van der Waals surface area contributed by atoms with Crippen molar-refractivity contribution in [2.24, 2.45) is 0 Å². The van der Waals surface area contributed by atoms with Gasteiger partial charge in [-0.1, -0.05) is 35.9 Å². The van der Waals surface area contributed by atoms with Crippen LogP contribution in [0.1, 0.15) is 11.1 Å². The lowest BCUT2D eigenvalue weighted by atomic mass is 10.0. The lowest BCUT2D eigenvalue weighted by Crippen LogP contribution is -2.17. The van der Waals surface area contributed by atoms with Crippen LogP contribution in [0.4, 0.5) is 0 Å². The van der Waals surface area contributed by atoms with E-state index < -0.39 is 5.97 Å². The molecule has 0 spiro atoms. The van der Waals surface area contributed by atoms with Crippen LogP contribution in [-0.4, -0.2) is 19.7 Å². The molecular formula is C24H18ClNO4. The van der Waals surface area contributed by atoms with Gasteiger partial charge < -0.3 is 14.2 Å². The van der Waals surface area contributed by atoms with E-state index in [-0.39, 0.29) is 6.61 Å². The molecule has 0 aliphatic rings. The van der Waals surface area contributed by atoms with Crippen molar-refractivity contribution >= 4 is 29.2 Å². The molecule has 6 heteroatoms. The molecule has 3 rings (SSSR count). The average molecular weight is 420 g/mol. The van der Waals surface area contributed by atoms with E-state index in [1.54, 1.807) is 67.8 Å². The molecule has 0 atom stereocenters. The number of hydrogen-bond acceptors (Lipinski definition) is 5. The normalized spacial score (nSPS) is 10.8. The fourth-order valence-electron chi connectivity index (χ4n) is 2.64. The van der Waals surface area contributed by atoms with Crippen molar-refractivity contribution in [2.75, 3.05) is 13.7 Å². The van der Waals surface area contributed by atoms with E-state index in [4.69, 9.17) is 25.8 Å². The molecule has 0 bridgehead atoms. The molecule has 0 amide bonds. The van der Waals surface area contributed by atoms with Gasteiger partial charge in [0.05, 0.1) is 23.8 Å². The topological polar surface area (TPSA) is 68.5 Å². The number of esters is 1. The molecule has 0 saturated heterocycles. The molecule has 0 fully saturated rings. The van der Waals surface area contributed by atoms with Crippen LogP contribution in [-0.2, 0) is 4.79 Å². The molecule has 150 valence electrons. The van der Waals surface area contributed by atoms with E-state index in [9.17, 15) is 10.1 Å². The van der Waals surface area contributed by atoms with Crippen LogP contribution in [0.25, 0.3) is 11.6 Å². The van der Waals surface area contributed by atoms with Crippen LogP contribution in [0.5, 0.6) is 17.2 Å². The average Bonchev–Trinajstić information content (AvgIpc) is 2.77. The number of nitriles is 1. The third-order valence-corrected chi connectivity index (χ3v) is 4.42. The summed E-state index contributed by atoms with van der Waals surface area (Å²) in [6, 6.07) is 23.2. The number of ether oxygens (including phenoxy) is 3. The number of benzene rings is 3. The maximum atomic E-state index is 12.1. The number of para-hydroxylation sites is 1. The van der Waals surface area contributed by atoms with E-state index in [0.717, 1.165) is 11.1 Å². The van der Waals surface area contributed by atoms with Gasteiger partial charge in [-0.3, -0.25) is 0 Å². The van der Waals surface area contributed by atoms with Gasteiger partial charge in [-0.05, 0) is 65.7 Å². The van der Waals surface area contributed by atoms with Crippen LogP contribution >= 0.6 is 11.6 Å². The molecule has 5 nitrogen and oxygen atoms in total. The van der Waals surface area contributed by atoms with Gasteiger partial charge in [-0.2, -0.15) is 5.26 Å². The van der Waals surface area contributed by atoms with Gasteiger partial charge in [0.2, 0.25) is 0 Å². The van der Waals surface area contributed by atoms with Gasteiger partial charge in [0, 0.05) is 0 Å². The second-order valence-electron chi connectivity index (χ2n) is 6.16. The molecule has 0 saturated carbocycles. The molecule has 3 aromatic rings. The van der Waals surface area contributed by atoms with Gasteiger partial charge in [-0.25, -0.2) is 4.79 Å². The minimum Gasteiger partial charge on any atom is -0.497 e. The highest BCUT2D eigenvalue weighted by Gasteiger charge is 2.09. The monoisotopic (exact) mass is 419 g/mol. The fourth-order valence-corrected chi connectivity index (χ4v) is 2.83. The van der Waals surface area contributed by atoms with Crippen LogP contribution < -0.4 is 14.2 Å². The third kappa shape index (κ3) is 5.63. The largest absolute Gasteiger partial charge is 0.497 e. The Morgan fingerprint density at radius 2 is 1.80 bits per heavy atom. The first-order chi connectivity index (χ1) is 14.6. The summed E-state index contributed by atoms with van der Waals surface area (Å²) in [6.07, 6.45) is 1.72. The van der Waals surface area contributed by atoms with E-state index >= 15 is 0 Å². The van der Waals surface area contributed by atoms with Gasteiger partial charge in [-0.15, -0.1) is 0 Å². The number of hydrogen-bond donors (Lipinski definition) is 0. The number of halogens is 1. The molecule has 0 aromatic heterocycles. The maximum absolute atomic E-state index is 12.1. The minimum atomic E-state index is -0.563. The summed E-state index contributed by atoms with van der Waals surface area (Å²) in [7, 11) is 1.59. The highest BCUT2D eigenvalue weighted by atomic mass is 35.5. The standard InChI is InChI=1S/C24H18ClNO4/c1-28-20-11-9-18(10-12-20)19(15-26)13-17-5-4-6-21(14-17)30-24(27)16-29-23-8-3-2-7-22(23)25/h2-14H,16H2,1H3/b19-13-. The number of nitrogens with zero attached hydrogens (tertiary/aromatic N) is 1. The summed E-state index contributed by atoms with van der Waals surface area (Å²) >= 11 is 6.00. The van der Waals surface area contributed by atoms with Crippen molar-refractivity contribution in [3.05, 3.63) is 88.9 Å². The summed E-state index contributed by atoms with van der Waals surface area (Å²) in [5.74, 6) is 0.908. The van der Waals surface area contributed by atoms with Gasteiger partial charge >= 0.3 is 5.97 Å². The minimum absolute atomic E-state index is 0.279. The first kappa shape index (κ1) is 21.0.